The van der Waals surface area contributed by atoms with E-state index in [1.165, 1.54) is 25.3 Å². The highest BCUT2D eigenvalue weighted by molar-refractivity contribution is 6.04. The lowest BCUT2D eigenvalue weighted by molar-refractivity contribution is -0.385. The molecule has 0 aliphatic carbocycles. The van der Waals surface area contributed by atoms with Crippen LogP contribution >= 0.6 is 0 Å². The molecule has 0 fully saturated rings. The summed E-state index contributed by atoms with van der Waals surface area (Å²) in [6, 6.07) is 10.6. The zero-order valence-electron chi connectivity index (χ0n) is 13.6. The van der Waals surface area contributed by atoms with Gasteiger partial charge in [-0.2, -0.15) is 0 Å². The normalized spacial score (nSPS) is 10.0. The van der Waals surface area contributed by atoms with Gasteiger partial charge in [-0.25, -0.2) is 4.79 Å². The summed E-state index contributed by atoms with van der Waals surface area (Å²) < 4.78 is 9.73. The number of hydrogen-bond donors (Lipinski definition) is 1. The third kappa shape index (κ3) is 4.77. The van der Waals surface area contributed by atoms with Crippen molar-refractivity contribution in [2.75, 3.05) is 19.0 Å². The first-order chi connectivity index (χ1) is 11.9. The van der Waals surface area contributed by atoms with Gasteiger partial charge in [-0.05, 0) is 31.2 Å². The number of carbonyl (C=O) groups is 2. The molecule has 8 nitrogen and oxygen atoms in total. The molecule has 130 valence electrons. The molecule has 1 amide bonds. The molecule has 0 saturated heterocycles. The number of amides is 1. The van der Waals surface area contributed by atoms with E-state index < -0.39 is 16.8 Å². The van der Waals surface area contributed by atoms with E-state index in [4.69, 9.17) is 4.74 Å². The topological polar surface area (TPSA) is 108 Å². The summed E-state index contributed by atoms with van der Waals surface area (Å²) in [6.45, 7) is 1.33. The Morgan fingerprint density at radius 2 is 1.96 bits per heavy atom. The smallest absolute Gasteiger partial charge is 0.343 e. The fourth-order valence-corrected chi connectivity index (χ4v) is 2.07. The van der Waals surface area contributed by atoms with Gasteiger partial charge < -0.3 is 14.8 Å². The fourth-order valence-electron chi connectivity index (χ4n) is 2.07. The number of nitrogens with one attached hydrogen (secondary N) is 1. The van der Waals surface area contributed by atoms with Crippen LogP contribution in [0.2, 0.25) is 0 Å². The van der Waals surface area contributed by atoms with Gasteiger partial charge in [0.05, 0.1) is 12.0 Å². The van der Waals surface area contributed by atoms with Crippen molar-refractivity contribution in [3.8, 4) is 5.75 Å². The van der Waals surface area contributed by atoms with Crippen molar-refractivity contribution in [3.05, 3.63) is 63.7 Å². The van der Waals surface area contributed by atoms with E-state index in [1.54, 1.807) is 31.2 Å². The Hall–Kier alpha value is -3.42. The number of nitro benzene ring substituents is 1. The van der Waals surface area contributed by atoms with Gasteiger partial charge in [-0.1, -0.05) is 6.07 Å². The van der Waals surface area contributed by atoms with E-state index >= 15 is 0 Å². The zero-order valence-corrected chi connectivity index (χ0v) is 13.6. The average molecular weight is 344 g/mol. The van der Waals surface area contributed by atoms with Crippen LogP contribution in [0, 0.1) is 17.0 Å². The summed E-state index contributed by atoms with van der Waals surface area (Å²) in [6.07, 6.45) is 0. The Balaban J connectivity index is 2.09. The highest BCUT2D eigenvalue weighted by Gasteiger charge is 2.14. The summed E-state index contributed by atoms with van der Waals surface area (Å²) in [5.41, 5.74) is 1.11. The number of esters is 1. The van der Waals surface area contributed by atoms with Crippen molar-refractivity contribution in [3.63, 3.8) is 0 Å². The zero-order chi connectivity index (χ0) is 18.4. The maximum Gasteiger partial charge on any atom is 0.343 e. The van der Waals surface area contributed by atoms with Crippen LogP contribution in [-0.4, -0.2) is 30.5 Å². The number of ether oxygens (including phenoxy) is 2. The molecule has 0 unspecified atom stereocenters. The van der Waals surface area contributed by atoms with E-state index in [2.05, 4.69) is 10.1 Å². The van der Waals surface area contributed by atoms with Crippen molar-refractivity contribution in [1.29, 1.82) is 0 Å². The van der Waals surface area contributed by atoms with E-state index in [0.29, 0.717) is 22.6 Å². The lowest BCUT2D eigenvalue weighted by Gasteiger charge is -2.09. The van der Waals surface area contributed by atoms with E-state index in [9.17, 15) is 19.7 Å². The van der Waals surface area contributed by atoms with Crippen LogP contribution in [0.15, 0.2) is 42.5 Å². The van der Waals surface area contributed by atoms with E-state index in [0.717, 1.165) is 0 Å². The van der Waals surface area contributed by atoms with E-state index in [-0.39, 0.29) is 12.3 Å². The molecule has 8 heteroatoms. The summed E-state index contributed by atoms with van der Waals surface area (Å²) in [4.78, 5) is 33.7. The second-order valence-corrected chi connectivity index (χ2v) is 5.11. The van der Waals surface area contributed by atoms with Crippen LogP contribution in [0.1, 0.15) is 15.9 Å². The molecule has 2 aromatic carbocycles. The van der Waals surface area contributed by atoms with Crippen molar-refractivity contribution in [2.24, 2.45) is 0 Å². The molecule has 2 rings (SSSR count). The average Bonchev–Trinajstić information content (AvgIpc) is 2.59. The molecule has 0 bridgehead atoms. The third-order valence-electron chi connectivity index (χ3n) is 3.33. The maximum absolute atomic E-state index is 12.3. The largest absolute Gasteiger partial charge is 0.482 e. The molecule has 0 spiro atoms. The number of anilines is 1. The second kappa shape index (κ2) is 7.91. The van der Waals surface area contributed by atoms with Crippen LogP contribution in [0.5, 0.6) is 5.75 Å². The SMILES string of the molecule is COC(=O)COc1cccc(NC(=O)c2ccc([N+](=O)[O-])c(C)c2)c1. The second-order valence-electron chi connectivity index (χ2n) is 5.11. The highest BCUT2D eigenvalue weighted by atomic mass is 16.6. The molecule has 0 aromatic heterocycles. The molecule has 0 heterocycles. The maximum atomic E-state index is 12.3. The summed E-state index contributed by atoms with van der Waals surface area (Å²) in [5.74, 6) is -0.540. The van der Waals surface area contributed by atoms with Gasteiger partial charge in [-0.3, -0.25) is 14.9 Å². The minimum Gasteiger partial charge on any atom is -0.482 e. The quantitative estimate of drug-likeness (QED) is 0.490. The number of hydrogen-bond acceptors (Lipinski definition) is 6. The molecule has 0 atom stereocenters. The van der Waals surface area contributed by atoms with Crippen LogP contribution < -0.4 is 10.1 Å². The Bertz CT molecular complexity index is 819. The lowest BCUT2D eigenvalue weighted by atomic mass is 10.1. The number of benzene rings is 2. The number of aryl methyl sites for hydroxylation is 1. The Morgan fingerprint density at radius 3 is 2.60 bits per heavy atom. The lowest BCUT2D eigenvalue weighted by Crippen LogP contribution is -2.14. The van der Waals surface area contributed by atoms with Crippen molar-refractivity contribution < 1.29 is 24.0 Å². The number of carbonyl (C=O) groups excluding carboxylic acids is 2. The van der Waals surface area contributed by atoms with Gasteiger partial charge >= 0.3 is 5.97 Å². The molecular weight excluding hydrogens is 328 g/mol. The first-order valence-corrected chi connectivity index (χ1v) is 7.27. The molecule has 2 aromatic rings. The van der Waals surface area contributed by atoms with E-state index in [1.807, 2.05) is 0 Å². The first-order valence-electron chi connectivity index (χ1n) is 7.27. The van der Waals surface area contributed by atoms with Gasteiger partial charge in [0.1, 0.15) is 5.75 Å². The number of methoxy groups -OCH3 is 1. The minimum atomic E-state index is -0.518. The van der Waals surface area contributed by atoms with Crippen molar-refractivity contribution in [2.45, 2.75) is 6.92 Å². The van der Waals surface area contributed by atoms with Gasteiger partial charge in [0.2, 0.25) is 0 Å². The Labute approximate surface area is 143 Å². The van der Waals surface area contributed by atoms with Crippen LogP contribution in [0.4, 0.5) is 11.4 Å². The molecule has 1 N–H and O–H groups in total. The van der Waals surface area contributed by atoms with Gasteiger partial charge in [-0.15, -0.1) is 0 Å². The molecule has 25 heavy (non-hydrogen) atoms. The fraction of sp³-hybridized carbons (Fsp3) is 0.176. The van der Waals surface area contributed by atoms with Gasteiger partial charge in [0.25, 0.3) is 11.6 Å². The first kappa shape index (κ1) is 17.9. The monoisotopic (exact) mass is 344 g/mol. The third-order valence-corrected chi connectivity index (χ3v) is 3.33. The highest BCUT2D eigenvalue weighted by Crippen LogP contribution is 2.21. The number of nitrogens with zero attached hydrogens (tertiary/aromatic N) is 1. The molecule has 0 aliphatic rings. The molecular formula is C17H16N2O6. The summed E-state index contributed by atoms with van der Waals surface area (Å²) >= 11 is 0. The predicted octanol–water partition coefficient (Wildman–Crippen LogP) is 2.71. The van der Waals surface area contributed by atoms with Crippen molar-refractivity contribution >= 4 is 23.3 Å². The molecule has 0 radical (unpaired) electrons. The van der Waals surface area contributed by atoms with Crippen LogP contribution in [0.3, 0.4) is 0 Å². The van der Waals surface area contributed by atoms with Gasteiger partial charge in [0, 0.05) is 28.9 Å². The summed E-state index contributed by atoms with van der Waals surface area (Å²) in [7, 11) is 1.26. The predicted molar refractivity (Wildman–Crippen MR) is 89.7 cm³/mol. The number of rotatable bonds is 6. The molecule has 0 aliphatic heterocycles. The Morgan fingerprint density at radius 1 is 1.20 bits per heavy atom. The van der Waals surface area contributed by atoms with Crippen LogP contribution in [0.25, 0.3) is 0 Å². The van der Waals surface area contributed by atoms with Crippen molar-refractivity contribution in [1.82, 2.24) is 0 Å². The van der Waals surface area contributed by atoms with Gasteiger partial charge in [0.15, 0.2) is 6.61 Å². The summed E-state index contributed by atoms with van der Waals surface area (Å²) in [5, 5.41) is 13.5. The molecule has 0 saturated carbocycles. The standard InChI is InChI=1S/C17H16N2O6/c1-11-8-12(6-7-15(11)19(22)23)17(21)18-13-4-3-5-14(9-13)25-10-16(20)24-2/h3-9H,10H2,1-2H3,(H,18,21). The Kier molecular flexibility index (Phi) is 5.67. The number of nitro groups is 1. The minimum absolute atomic E-state index is 0.0465. The van der Waals surface area contributed by atoms with Crippen LogP contribution in [-0.2, 0) is 9.53 Å².